The zero-order valence-electron chi connectivity index (χ0n) is 12.2. The van der Waals surface area contributed by atoms with Gasteiger partial charge in [-0.05, 0) is 56.0 Å². The first-order valence-corrected chi connectivity index (χ1v) is 9.11. The summed E-state index contributed by atoms with van der Waals surface area (Å²) in [6.45, 7) is 1.69. The number of halogens is 1. The second-order valence-electron chi connectivity index (χ2n) is 5.00. The molecular weight excluding hydrogens is 307 g/mol. The Morgan fingerprint density at radius 1 is 1.19 bits per heavy atom. The molecule has 1 aromatic carbocycles. The average Bonchev–Trinajstić information content (AvgIpc) is 3.28. The first-order chi connectivity index (χ1) is 9.99. The molecule has 0 amide bonds. The van der Waals surface area contributed by atoms with E-state index >= 15 is 0 Å². The van der Waals surface area contributed by atoms with Crippen molar-refractivity contribution in [1.29, 1.82) is 0 Å². The number of ketones is 2. The number of rotatable bonds is 6. The molecular formula is C16H17FO2S2. The van der Waals surface area contributed by atoms with Gasteiger partial charge in [-0.25, -0.2) is 4.39 Å². The molecule has 0 saturated heterocycles. The second kappa shape index (κ2) is 6.79. The van der Waals surface area contributed by atoms with Gasteiger partial charge >= 0.3 is 0 Å². The minimum Gasteiger partial charge on any atom is -0.294 e. The van der Waals surface area contributed by atoms with Crippen molar-refractivity contribution in [3.63, 3.8) is 0 Å². The fraction of sp³-hybridized carbons (Fsp3) is 0.375. The third-order valence-electron chi connectivity index (χ3n) is 3.43. The van der Waals surface area contributed by atoms with Gasteiger partial charge in [-0.1, -0.05) is 0 Å². The summed E-state index contributed by atoms with van der Waals surface area (Å²) in [7, 11) is 0. The zero-order chi connectivity index (χ0) is 15.6. The van der Waals surface area contributed by atoms with Gasteiger partial charge in [0.25, 0.3) is 0 Å². The molecule has 0 aliphatic heterocycles. The standard InChI is InChI=1S/C16H17FO2S2/c1-9-8-11(17)6-7-12(9)15(19)13(16(20-2)21-3)14(18)10-4-5-10/h6-8,10H,4-5H2,1-3H3. The van der Waals surface area contributed by atoms with Crippen LogP contribution in [0.15, 0.2) is 28.0 Å². The number of aryl methyl sites for hydroxylation is 1. The summed E-state index contributed by atoms with van der Waals surface area (Å²) in [6, 6.07) is 4.05. The minimum atomic E-state index is -0.377. The summed E-state index contributed by atoms with van der Waals surface area (Å²) in [6.07, 6.45) is 5.43. The molecule has 0 N–H and O–H groups in total. The van der Waals surface area contributed by atoms with Gasteiger partial charge in [0.1, 0.15) is 5.82 Å². The highest BCUT2D eigenvalue weighted by Gasteiger charge is 2.36. The molecule has 2 rings (SSSR count). The van der Waals surface area contributed by atoms with Gasteiger partial charge in [-0.3, -0.25) is 9.59 Å². The summed E-state index contributed by atoms with van der Waals surface area (Å²) in [5.74, 6) is -0.748. The third kappa shape index (κ3) is 3.58. The van der Waals surface area contributed by atoms with E-state index in [0.717, 1.165) is 17.1 Å². The number of allylic oxidation sites excluding steroid dienone is 1. The van der Waals surface area contributed by atoms with Crippen LogP contribution in [0.1, 0.15) is 28.8 Å². The van der Waals surface area contributed by atoms with Gasteiger partial charge in [-0.2, -0.15) is 0 Å². The molecule has 0 aromatic heterocycles. The Bertz CT molecular complexity index is 613. The van der Waals surface area contributed by atoms with Crippen LogP contribution < -0.4 is 0 Å². The highest BCUT2D eigenvalue weighted by Crippen LogP contribution is 2.38. The van der Waals surface area contributed by atoms with Gasteiger partial charge in [0, 0.05) is 11.5 Å². The van der Waals surface area contributed by atoms with Crippen molar-refractivity contribution in [3.05, 3.63) is 45.0 Å². The van der Waals surface area contributed by atoms with Crippen molar-refractivity contribution in [2.75, 3.05) is 12.5 Å². The smallest absolute Gasteiger partial charge is 0.198 e. The van der Waals surface area contributed by atoms with E-state index in [0.29, 0.717) is 11.1 Å². The maximum absolute atomic E-state index is 13.2. The van der Waals surface area contributed by atoms with E-state index in [1.165, 1.54) is 41.7 Å². The topological polar surface area (TPSA) is 34.1 Å². The van der Waals surface area contributed by atoms with Crippen molar-refractivity contribution in [2.45, 2.75) is 19.8 Å². The van der Waals surface area contributed by atoms with Crippen LogP contribution in [-0.4, -0.2) is 24.1 Å². The summed E-state index contributed by atoms with van der Waals surface area (Å²) in [5, 5.41) is 0. The monoisotopic (exact) mass is 324 g/mol. The number of carbonyl (C=O) groups excluding carboxylic acids is 2. The molecule has 1 fully saturated rings. The van der Waals surface area contributed by atoms with Crippen molar-refractivity contribution in [2.24, 2.45) is 5.92 Å². The fourth-order valence-corrected chi connectivity index (χ4v) is 3.62. The maximum atomic E-state index is 13.2. The molecule has 0 heterocycles. The molecule has 0 atom stereocenters. The molecule has 0 radical (unpaired) electrons. The predicted molar refractivity (Wildman–Crippen MR) is 87.3 cm³/mol. The third-order valence-corrected chi connectivity index (χ3v) is 5.58. The lowest BCUT2D eigenvalue weighted by Crippen LogP contribution is -2.17. The lowest BCUT2D eigenvalue weighted by atomic mass is 9.96. The van der Waals surface area contributed by atoms with Crippen molar-refractivity contribution < 1.29 is 14.0 Å². The first-order valence-electron chi connectivity index (χ1n) is 6.67. The van der Waals surface area contributed by atoms with Gasteiger partial charge in [0.15, 0.2) is 11.6 Å². The van der Waals surface area contributed by atoms with E-state index in [1.54, 1.807) is 6.92 Å². The molecule has 5 heteroatoms. The van der Waals surface area contributed by atoms with Crippen LogP contribution in [0, 0.1) is 18.7 Å². The number of benzene rings is 1. The fourth-order valence-electron chi connectivity index (χ4n) is 2.16. The van der Waals surface area contributed by atoms with E-state index in [4.69, 9.17) is 0 Å². The highest BCUT2D eigenvalue weighted by atomic mass is 32.2. The number of hydrogen-bond acceptors (Lipinski definition) is 4. The Labute approximate surface area is 132 Å². The molecule has 1 aromatic rings. The van der Waals surface area contributed by atoms with Crippen LogP contribution in [0.2, 0.25) is 0 Å². The Hall–Kier alpha value is -1.07. The SMILES string of the molecule is CSC(SC)=C(C(=O)c1ccc(F)cc1C)C(=O)C1CC1. The molecule has 1 saturated carbocycles. The van der Waals surface area contributed by atoms with Crippen LogP contribution in [-0.2, 0) is 4.79 Å². The lowest BCUT2D eigenvalue weighted by molar-refractivity contribution is -0.116. The molecule has 0 spiro atoms. The Balaban J connectivity index is 2.47. The van der Waals surface area contributed by atoms with Crippen molar-refractivity contribution in [1.82, 2.24) is 0 Å². The van der Waals surface area contributed by atoms with Crippen molar-refractivity contribution >= 4 is 35.1 Å². The molecule has 1 aliphatic carbocycles. The Morgan fingerprint density at radius 2 is 1.81 bits per heavy atom. The molecule has 0 unspecified atom stereocenters. The second-order valence-corrected chi connectivity index (χ2v) is 6.89. The number of carbonyl (C=O) groups is 2. The number of Topliss-reactive ketones (excluding diaryl/α,β-unsaturated/α-hetero) is 2. The quantitative estimate of drug-likeness (QED) is 0.339. The Morgan fingerprint density at radius 3 is 2.29 bits per heavy atom. The summed E-state index contributed by atoms with van der Waals surface area (Å²) in [4.78, 5) is 25.3. The van der Waals surface area contributed by atoms with Gasteiger partial charge in [-0.15, -0.1) is 23.5 Å². The van der Waals surface area contributed by atoms with Gasteiger partial charge in [0.2, 0.25) is 0 Å². The number of thioether (sulfide) groups is 2. The lowest BCUT2D eigenvalue weighted by Gasteiger charge is -2.12. The molecule has 112 valence electrons. The van der Waals surface area contributed by atoms with Crippen molar-refractivity contribution in [3.8, 4) is 0 Å². The molecule has 1 aliphatic rings. The van der Waals surface area contributed by atoms with Crippen LogP contribution in [0.3, 0.4) is 0 Å². The highest BCUT2D eigenvalue weighted by molar-refractivity contribution is 8.21. The summed E-state index contributed by atoms with van der Waals surface area (Å²) in [5.41, 5.74) is 1.23. The minimum absolute atomic E-state index is 0.0148. The van der Waals surface area contributed by atoms with Gasteiger partial charge < -0.3 is 0 Å². The summed E-state index contributed by atoms with van der Waals surface area (Å²) < 4.78 is 13.9. The van der Waals surface area contributed by atoms with E-state index in [2.05, 4.69) is 0 Å². The summed E-state index contributed by atoms with van der Waals surface area (Å²) >= 11 is 2.82. The predicted octanol–water partition coefficient (Wildman–Crippen LogP) is 4.23. The average molecular weight is 324 g/mol. The normalized spacial score (nSPS) is 13.9. The first kappa shape index (κ1) is 16.3. The van der Waals surface area contributed by atoms with Crippen LogP contribution >= 0.6 is 23.5 Å². The number of hydrogen-bond donors (Lipinski definition) is 0. The molecule has 2 nitrogen and oxygen atoms in total. The van der Waals surface area contributed by atoms with E-state index in [9.17, 15) is 14.0 Å². The van der Waals surface area contributed by atoms with Crippen LogP contribution in [0.25, 0.3) is 0 Å². The Kier molecular flexibility index (Phi) is 5.27. The van der Waals surface area contributed by atoms with Crippen LogP contribution in [0.4, 0.5) is 4.39 Å². The van der Waals surface area contributed by atoms with E-state index < -0.39 is 0 Å². The van der Waals surface area contributed by atoms with E-state index in [-0.39, 0.29) is 28.9 Å². The molecule has 0 bridgehead atoms. The zero-order valence-corrected chi connectivity index (χ0v) is 13.9. The maximum Gasteiger partial charge on any atom is 0.198 e. The van der Waals surface area contributed by atoms with E-state index in [1.807, 2.05) is 12.5 Å². The van der Waals surface area contributed by atoms with Crippen LogP contribution in [0.5, 0.6) is 0 Å². The largest absolute Gasteiger partial charge is 0.294 e. The van der Waals surface area contributed by atoms with Gasteiger partial charge in [0.05, 0.1) is 9.81 Å². The molecule has 21 heavy (non-hydrogen) atoms.